The Hall–Kier alpha value is -1.21. The molecule has 7 heteroatoms. The van der Waals surface area contributed by atoms with Crippen molar-refractivity contribution in [1.29, 1.82) is 0 Å². The summed E-state index contributed by atoms with van der Waals surface area (Å²) in [4.78, 5) is 15.2. The number of amides is 1. The van der Waals surface area contributed by atoms with Crippen LogP contribution in [0.25, 0.3) is 0 Å². The zero-order valence-corrected chi connectivity index (χ0v) is 10.2. The molecule has 0 unspecified atom stereocenters. The average Bonchev–Trinajstić information content (AvgIpc) is 2.66. The van der Waals surface area contributed by atoms with Crippen molar-refractivity contribution in [3.63, 3.8) is 0 Å². The van der Waals surface area contributed by atoms with E-state index in [0.717, 1.165) is 24.4 Å². The smallest absolute Gasteiger partial charge is 0.330 e. The first-order valence-corrected chi connectivity index (χ1v) is 5.93. The van der Waals surface area contributed by atoms with E-state index in [4.69, 9.17) is 10.5 Å². The lowest BCUT2D eigenvalue weighted by atomic mass is 10.3. The van der Waals surface area contributed by atoms with Crippen LogP contribution >= 0.6 is 11.5 Å². The number of anilines is 1. The molecule has 6 nitrogen and oxygen atoms in total. The first-order valence-electron chi connectivity index (χ1n) is 5.16. The molecule has 3 N–H and O–H groups in total. The SMILES string of the molecule is CCCCOc1nsc(NC(=O)[C@H](C)N)n1. The Morgan fingerprint density at radius 2 is 2.44 bits per heavy atom. The third-order valence-electron chi connectivity index (χ3n) is 1.78. The molecule has 0 saturated heterocycles. The van der Waals surface area contributed by atoms with Crippen LogP contribution in [0.4, 0.5) is 5.13 Å². The average molecular weight is 244 g/mol. The van der Waals surface area contributed by atoms with Gasteiger partial charge in [-0.3, -0.25) is 10.1 Å². The molecule has 0 fully saturated rings. The molecule has 0 spiro atoms. The van der Waals surface area contributed by atoms with Gasteiger partial charge < -0.3 is 10.5 Å². The summed E-state index contributed by atoms with van der Waals surface area (Å²) in [6.45, 7) is 4.27. The maximum Gasteiger partial charge on any atom is 0.330 e. The molecule has 90 valence electrons. The van der Waals surface area contributed by atoms with Gasteiger partial charge in [-0.2, -0.15) is 4.98 Å². The Labute approximate surface area is 98.4 Å². The zero-order valence-electron chi connectivity index (χ0n) is 9.40. The molecule has 0 aliphatic carbocycles. The van der Waals surface area contributed by atoms with Crippen LogP contribution in [0.2, 0.25) is 0 Å². The molecule has 0 aliphatic rings. The number of carbonyl (C=O) groups is 1. The fourth-order valence-electron chi connectivity index (χ4n) is 0.846. The molecule has 1 atom stereocenters. The molecule has 0 aliphatic heterocycles. The van der Waals surface area contributed by atoms with Crippen LogP contribution in [0.3, 0.4) is 0 Å². The number of nitrogens with one attached hydrogen (secondary N) is 1. The first kappa shape index (κ1) is 12.9. The van der Waals surface area contributed by atoms with Crippen LogP contribution < -0.4 is 15.8 Å². The molecule has 1 aromatic rings. The normalized spacial score (nSPS) is 12.2. The number of nitrogens with zero attached hydrogens (tertiary/aromatic N) is 2. The van der Waals surface area contributed by atoms with Gasteiger partial charge in [0.15, 0.2) is 0 Å². The van der Waals surface area contributed by atoms with Gasteiger partial charge in [-0.15, -0.1) is 4.37 Å². The predicted octanol–water partition coefficient (Wildman–Crippen LogP) is 1.00. The van der Waals surface area contributed by atoms with Crippen LogP contribution in [0.1, 0.15) is 26.7 Å². The van der Waals surface area contributed by atoms with Crippen LogP contribution in [0.5, 0.6) is 6.01 Å². The van der Waals surface area contributed by atoms with Gasteiger partial charge in [0.25, 0.3) is 0 Å². The van der Waals surface area contributed by atoms with Crippen LogP contribution in [0, 0.1) is 0 Å². The molecular weight excluding hydrogens is 228 g/mol. The molecule has 1 rings (SSSR count). The molecule has 1 heterocycles. The monoisotopic (exact) mass is 244 g/mol. The lowest BCUT2D eigenvalue weighted by Crippen LogP contribution is -2.32. The van der Waals surface area contributed by atoms with Crippen molar-refractivity contribution in [2.75, 3.05) is 11.9 Å². The zero-order chi connectivity index (χ0) is 12.0. The van der Waals surface area contributed by atoms with Crippen molar-refractivity contribution in [3.05, 3.63) is 0 Å². The maximum atomic E-state index is 11.2. The van der Waals surface area contributed by atoms with E-state index in [-0.39, 0.29) is 5.91 Å². The molecule has 0 radical (unpaired) electrons. The van der Waals surface area contributed by atoms with Crippen molar-refractivity contribution in [3.8, 4) is 6.01 Å². The highest BCUT2D eigenvalue weighted by Gasteiger charge is 2.11. The third-order valence-corrected chi connectivity index (χ3v) is 2.39. The topological polar surface area (TPSA) is 90.1 Å². The van der Waals surface area contributed by atoms with E-state index in [0.29, 0.717) is 17.7 Å². The van der Waals surface area contributed by atoms with Crippen LogP contribution in [0.15, 0.2) is 0 Å². The van der Waals surface area contributed by atoms with Gasteiger partial charge in [0, 0.05) is 11.5 Å². The Balaban J connectivity index is 2.42. The molecule has 1 aromatic heterocycles. The molecule has 0 aromatic carbocycles. The molecule has 0 bridgehead atoms. The van der Waals surface area contributed by atoms with Gasteiger partial charge >= 0.3 is 6.01 Å². The van der Waals surface area contributed by atoms with Crippen LogP contribution in [-0.4, -0.2) is 27.9 Å². The van der Waals surface area contributed by atoms with E-state index in [1.165, 1.54) is 0 Å². The molecule has 1 amide bonds. The highest BCUT2D eigenvalue weighted by Crippen LogP contribution is 2.16. The second kappa shape index (κ2) is 6.39. The number of unbranched alkanes of at least 4 members (excludes halogenated alkanes) is 1. The largest absolute Gasteiger partial charge is 0.463 e. The quantitative estimate of drug-likeness (QED) is 0.729. The summed E-state index contributed by atoms with van der Waals surface area (Å²) in [5.41, 5.74) is 5.40. The summed E-state index contributed by atoms with van der Waals surface area (Å²) in [5.74, 6) is -0.281. The van der Waals surface area contributed by atoms with E-state index in [1.54, 1.807) is 6.92 Å². The minimum absolute atomic E-state index is 0.281. The number of nitrogens with two attached hydrogens (primary N) is 1. The van der Waals surface area contributed by atoms with Gasteiger partial charge in [0.1, 0.15) is 0 Å². The summed E-state index contributed by atoms with van der Waals surface area (Å²) in [6, 6.07) is -0.258. The van der Waals surface area contributed by atoms with Gasteiger partial charge in [0.05, 0.1) is 12.6 Å². The second-order valence-electron chi connectivity index (χ2n) is 3.36. The second-order valence-corrected chi connectivity index (χ2v) is 4.11. The molecular formula is C9H16N4O2S. The number of ether oxygens (including phenoxy) is 1. The Morgan fingerprint density at radius 1 is 1.69 bits per heavy atom. The predicted molar refractivity (Wildman–Crippen MR) is 62.6 cm³/mol. The maximum absolute atomic E-state index is 11.2. The van der Waals surface area contributed by atoms with E-state index in [9.17, 15) is 4.79 Å². The van der Waals surface area contributed by atoms with E-state index in [2.05, 4.69) is 21.6 Å². The van der Waals surface area contributed by atoms with E-state index >= 15 is 0 Å². The standard InChI is InChI=1S/C9H16N4O2S/c1-3-4-5-15-8-12-9(16-13-8)11-7(14)6(2)10/h6H,3-5,10H2,1-2H3,(H,11,12,13,14)/t6-/m0/s1. The van der Waals surface area contributed by atoms with Crippen molar-refractivity contribution in [1.82, 2.24) is 9.36 Å². The highest BCUT2D eigenvalue weighted by molar-refractivity contribution is 7.10. The summed E-state index contributed by atoms with van der Waals surface area (Å²) < 4.78 is 9.23. The van der Waals surface area contributed by atoms with Gasteiger partial charge in [-0.25, -0.2) is 0 Å². The number of hydrogen-bond acceptors (Lipinski definition) is 6. The summed E-state index contributed by atoms with van der Waals surface area (Å²) in [5, 5.41) is 2.96. The Kier molecular flexibility index (Phi) is 5.13. The lowest BCUT2D eigenvalue weighted by Gasteiger charge is -2.02. The highest BCUT2D eigenvalue weighted by atomic mass is 32.1. The van der Waals surface area contributed by atoms with E-state index < -0.39 is 6.04 Å². The summed E-state index contributed by atoms with van der Waals surface area (Å²) in [6.07, 6.45) is 2.01. The third kappa shape index (κ3) is 4.11. The minimum atomic E-state index is -0.562. The van der Waals surface area contributed by atoms with Crippen molar-refractivity contribution in [2.45, 2.75) is 32.7 Å². The lowest BCUT2D eigenvalue weighted by molar-refractivity contribution is -0.117. The number of aromatic nitrogens is 2. The summed E-state index contributed by atoms with van der Waals surface area (Å²) in [7, 11) is 0. The van der Waals surface area contributed by atoms with Gasteiger partial charge in [-0.1, -0.05) is 13.3 Å². The van der Waals surface area contributed by atoms with Gasteiger partial charge in [-0.05, 0) is 13.3 Å². The van der Waals surface area contributed by atoms with Crippen molar-refractivity contribution < 1.29 is 9.53 Å². The number of rotatable bonds is 6. The van der Waals surface area contributed by atoms with Crippen molar-refractivity contribution in [2.24, 2.45) is 5.73 Å². The molecule has 16 heavy (non-hydrogen) atoms. The Bertz CT molecular complexity index is 340. The molecule has 0 saturated carbocycles. The number of carbonyl (C=O) groups excluding carboxylic acids is 1. The fourth-order valence-corrected chi connectivity index (χ4v) is 1.37. The van der Waals surface area contributed by atoms with Crippen LogP contribution in [-0.2, 0) is 4.79 Å². The summed E-state index contributed by atoms with van der Waals surface area (Å²) >= 11 is 1.08. The Morgan fingerprint density at radius 3 is 3.06 bits per heavy atom. The minimum Gasteiger partial charge on any atom is -0.463 e. The van der Waals surface area contributed by atoms with Crippen molar-refractivity contribution >= 4 is 22.6 Å². The van der Waals surface area contributed by atoms with Gasteiger partial charge in [0.2, 0.25) is 11.0 Å². The van der Waals surface area contributed by atoms with E-state index in [1.807, 2.05) is 0 Å². The number of hydrogen-bond donors (Lipinski definition) is 2. The first-order chi connectivity index (χ1) is 7.63. The fraction of sp³-hybridized carbons (Fsp3) is 0.667.